The van der Waals surface area contributed by atoms with Gasteiger partial charge in [-0.25, -0.2) is 8.42 Å². The van der Waals surface area contributed by atoms with Crippen molar-refractivity contribution in [3.8, 4) is 0 Å². The fourth-order valence-corrected chi connectivity index (χ4v) is 6.16. The summed E-state index contributed by atoms with van der Waals surface area (Å²) in [5.74, 6) is 0. The largest absolute Gasteiger partial charge is 0.425 e. The van der Waals surface area contributed by atoms with Crippen molar-refractivity contribution in [3.63, 3.8) is 0 Å². The van der Waals surface area contributed by atoms with E-state index in [1.54, 1.807) is 30.3 Å². The number of hydrogen-bond acceptors (Lipinski definition) is 4. The van der Waals surface area contributed by atoms with Gasteiger partial charge in [0.1, 0.15) is 9.23 Å². The van der Waals surface area contributed by atoms with Crippen molar-refractivity contribution in [1.82, 2.24) is 0 Å². The SMILES string of the molecule is CN(c1ccc(C(O)(/C=C/c2ccccc2)C(F)(F)F)cc1)S(=O)(=O)c1cc(Cl)sc1Cl. The van der Waals surface area contributed by atoms with Gasteiger partial charge in [-0.15, -0.1) is 11.3 Å². The number of hydrogen-bond donors (Lipinski definition) is 1. The summed E-state index contributed by atoms with van der Waals surface area (Å²) in [5.41, 5.74) is -3.20. The van der Waals surface area contributed by atoms with Crippen LogP contribution in [0.25, 0.3) is 6.08 Å². The summed E-state index contributed by atoms with van der Waals surface area (Å²) in [5, 5.41) is 10.5. The number of nitrogens with zero attached hydrogens (tertiary/aromatic N) is 1. The average molecular weight is 522 g/mol. The van der Waals surface area contributed by atoms with Crippen LogP contribution in [0.5, 0.6) is 0 Å². The van der Waals surface area contributed by atoms with Crippen LogP contribution in [0.4, 0.5) is 18.9 Å². The van der Waals surface area contributed by atoms with Gasteiger partial charge in [0.05, 0.1) is 10.0 Å². The predicted molar refractivity (Wildman–Crippen MR) is 122 cm³/mol. The topological polar surface area (TPSA) is 57.6 Å². The van der Waals surface area contributed by atoms with Gasteiger partial charge < -0.3 is 5.11 Å². The van der Waals surface area contributed by atoms with E-state index in [1.807, 2.05) is 0 Å². The highest BCUT2D eigenvalue weighted by Gasteiger charge is 2.53. The molecule has 1 aromatic heterocycles. The molecule has 2 aromatic carbocycles. The van der Waals surface area contributed by atoms with Crippen LogP contribution >= 0.6 is 34.5 Å². The molecule has 0 radical (unpaired) electrons. The lowest BCUT2D eigenvalue weighted by molar-refractivity contribution is -0.244. The number of alkyl halides is 3. The van der Waals surface area contributed by atoms with Gasteiger partial charge in [-0.2, -0.15) is 13.2 Å². The molecule has 0 amide bonds. The third kappa shape index (κ3) is 4.82. The zero-order chi connectivity index (χ0) is 23.7. The summed E-state index contributed by atoms with van der Waals surface area (Å²) in [7, 11) is -2.86. The van der Waals surface area contributed by atoms with Gasteiger partial charge in [0, 0.05) is 7.05 Å². The summed E-state index contributed by atoms with van der Waals surface area (Å²) >= 11 is 12.6. The number of benzene rings is 2. The van der Waals surface area contributed by atoms with E-state index in [2.05, 4.69) is 0 Å². The molecule has 1 N–H and O–H groups in total. The van der Waals surface area contributed by atoms with E-state index in [4.69, 9.17) is 23.2 Å². The Morgan fingerprint density at radius 2 is 1.62 bits per heavy atom. The van der Waals surface area contributed by atoms with Crippen molar-refractivity contribution < 1.29 is 26.7 Å². The van der Waals surface area contributed by atoms with E-state index in [-0.39, 0.29) is 19.3 Å². The second-order valence-electron chi connectivity index (χ2n) is 6.72. The molecule has 11 heteroatoms. The highest BCUT2D eigenvalue weighted by atomic mass is 35.5. The number of rotatable bonds is 6. The molecular weight excluding hydrogens is 506 g/mol. The molecule has 3 aromatic rings. The molecule has 0 aliphatic rings. The van der Waals surface area contributed by atoms with Crippen molar-refractivity contribution in [3.05, 3.63) is 86.5 Å². The molecule has 1 atom stereocenters. The van der Waals surface area contributed by atoms with E-state index in [0.29, 0.717) is 11.6 Å². The molecular formula is C21H16Cl2F3NO3S2. The number of halogens is 5. The highest BCUT2D eigenvalue weighted by molar-refractivity contribution is 7.93. The van der Waals surface area contributed by atoms with Crippen LogP contribution in [0.15, 0.2) is 71.6 Å². The van der Waals surface area contributed by atoms with Gasteiger partial charge in [0.15, 0.2) is 0 Å². The minimum absolute atomic E-state index is 0.0315. The maximum atomic E-state index is 13.8. The van der Waals surface area contributed by atoms with Gasteiger partial charge in [-0.1, -0.05) is 71.7 Å². The van der Waals surface area contributed by atoms with Crippen molar-refractivity contribution in [2.45, 2.75) is 16.7 Å². The van der Waals surface area contributed by atoms with Gasteiger partial charge in [0.2, 0.25) is 5.60 Å². The highest BCUT2D eigenvalue weighted by Crippen LogP contribution is 2.42. The summed E-state index contributed by atoms with van der Waals surface area (Å²) in [6.07, 6.45) is -3.19. The number of sulfonamides is 1. The van der Waals surface area contributed by atoms with Crippen molar-refractivity contribution >= 4 is 56.3 Å². The summed E-state index contributed by atoms with van der Waals surface area (Å²) < 4.78 is 68.0. The van der Waals surface area contributed by atoms with Crippen LogP contribution in [0.3, 0.4) is 0 Å². The normalized spacial score (nSPS) is 14.5. The van der Waals surface area contributed by atoms with E-state index in [0.717, 1.165) is 27.8 Å². The predicted octanol–water partition coefficient (Wildman–Crippen LogP) is 6.34. The Morgan fingerprint density at radius 1 is 1.03 bits per heavy atom. The maximum Gasteiger partial charge on any atom is 0.425 e. The van der Waals surface area contributed by atoms with E-state index >= 15 is 0 Å². The zero-order valence-corrected chi connectivity index (χ0v) is 19.5. The van der Waals surface area contributed by atoms with Gasteiger partial charge >= 0.3 is 6.18 Å². The lowest BCUT2D eigenvalue weighted by Gasteiger charge is -2.28. The molecule has 0 aliphatic carbocycles. The monoisotopic (exact) mass is 521 g/mol. The van der Waals surface area contributed by atoms with Crippen LogP contribution in [0.1, 0.15) is 11.1 Å². The standard InChI is InChI=1S/C21H16Cl2F3NO3S2/c1-27(32(29,30)17-13-18(22)31-19(17)23)16-9-7-15(8-10-16)20(28,21(24,25)26)12-11-14-5-3-2-4-6-14/h2-13,28H,1H3/b12-11+. The van der Waals surface area contributed by atoms with Crippen LogP contribution in [-0.2, 0) is 15.6 Å². The first-order chi connectivity index (χ1) is 14.9. The summed E-state index contributed by atoms with van der Waals surface area (Å²) in [6, 6.07) is 13.8. The maximum absolute atomic E-state index is 13.8. The molecule has 0 fully saturated rings. The number of anilines is 1. The lowest BCUT2D eigenvalue weighted by atomic mass is 9.91. The molecule has 4 nitrogen and oxygen atoms in total. The first kappa shape index (κ1) is 24.6. The Balaban J connectivity index is 1.96. The zero-order valence-electron chi connectivity index (χ0n) is 16.3. The van der Waals surface area contributed by atoms with E-state index in [9.17, 15) is 26.7 Å². The number of thiophene rings is 1. The molecule has 3 rings (SSSR count). The molecule has 1 heterocycles. The molecule has 0 spiro atoms. The van der Waals surface area contributed by atoms with Crippen LogP contribution in [-0.4, -0.2) is 26.7 Å². The third-order valence-corrected chi connectivity index (χ3v) is 8.22. The first-order valence-electron chi connectivity index (χ1n) is 8.94. The minimum Gasteiger partial charge on any atom is -0.373 e. The van der Waals surface area contributed by atoms with Crippen LogP contribution in [0, 0.1) is 0 Å². The third-order valence-electron chi connectivity index (χ3n) is 4.68. The van der Waals surface area contributed by atoms with E-state index < -0.39 is 27.4 Å². The second kappa shape index (κ2) is 9.07. The Morgan fingerprint density at radius 3 is 2.12 bits per heavy atom. The van der Waals surface area contributed by atoms with Crippen molar-refractivity contribution in [2.24, 2.45) is 0 Å². The molecule has 0 bridgehead atoms. The Labute approximate surface area is 197 Å². The summed E-state index contributed by atoms with van der Waals surface area (Å²) in [4.78, 5) is -0.210. The Kier molecular flexibility index (Phi) is 6.97. The molecule has 0 saturated heterocycles. The Hall–Kier alpha value is -2.04. The van der Waals surface area contributed by atoms with Gasteiger partial charge in [-0.3, -0.25) is 4.31 Å². The Bertz CT molecular complexity index is 1230. The second-order valence-corrected chi connectivity index (χ2v) is 10.9. The van der Waals surface area contributed by atoms with Crippen molar-refractivity contribution in [1.29, 1.82) is 0 Å². The first-order valence-corrected chi connectivity index (χ1v) is 12.0. The fourth-order valence-electron chi connectivity index (χ4n) is 2.85. The average Bonchev–Trinajstić information content (AvgIpc) is 3.10. The molecule has 0 saturated carbocycles. The lowest BCUT2D eigenvalue weighted by Crippen LogP contribution is -2.40. The minimum atomic E-state index is -5.02. The quantitative estimate of drug-likeness (QED) is 0.411. The molecule has 0 aliphatic heterocycles. The van der Waals surface area contributed by atoms with Crippen LogP contribution < -0.4 is 4.31 Å². The molecule has 1 unspecified atom stereocenters. The summed E-state index contributed by atoms with van der Waals surface area (Å²) in [6.45, 7) is 0. The van der Waals surface area contributed by atoms with E-state index in [1.165, 1.54) is 31.3 Å². The smallest absolute Gasteiger partial charge is 0.373 e. The van der Waals surface area contributed by atoms with Crippen molar-refractivity contribution in [2.75, 3.05) is 11.4 Å². The molecule has 170 valence electrons. The molecule has 32 heavy (non-hydrogen) atoms. The van der Waals surface area contributed by atoms with Crippen LogP contribution in [0.2, 0.25) is 8.67 Å². The van der Waals surface area contributed by atoms with Gasteiger partial charge in [-0.05, 0) is 35.4 Å². The fraction of sp³-hybridized carbons (Fsp3) is 0.143. The number of aliphatic hydroxyl groups is 1. The van der Waals surface area contributed by atoms with Gasteiger partial charge in [0.25, 0.3) is 10.0 Å².